The van der Waals surface area contributed by atoms with Crippen LogP contribution < -0.4 is 5.32 Å². The molecule has 0 bridgehead atoms. The highest BCUT2D eigenvalue weighted by Gasteiger charge is 2.10. The van der Waals surface area contributed by atoms with Gasteiger partial charge in [0.05, 0.1) is 0 Å². The molecule has 0 saturated carbocycles. The first-order valence-electron chi connectivity index (χ1n) is 5.70. The fourth-order valence-corrected chi connectivity index (χ4v) is 1.97. The number of halogens is 1. The van der Waals surface area contributed by atoms with Gasteiger partial charge in [-0.3, -0.25) is 10.1 Å². The molecule has 2 rings (SSSR count). The van der Waals surface area contributed by atoms with Crippen molar-refractivity contribution in [1.29, 1.82) is 0 Å². The highest BCUT2D eigenvalue weighted by atomic mass is 35.5. The van der Waals surface area contributed by atoms with Crippen molar-refractivity contribution in [3.63, 3.8) is 0 Å². The minimum atomic E-state index is -0.0829. The van der Waals surface area contributed by atoms with E-state index in [-0.39, 0.29) is 11.9 Å². The minimum Gasteiger partial charge on any atom is -0.294 e. The molecule has 0 fully saturated rings. The van der Waals surface area contributed by atoms with Gasteiger partial charge in [0, 0.05) is 12.6 Å². The zero-order chi connectivity index (χ0) is 12.1. The second-order valence-electron chi connectivity index (χ2n) is 4.04. The summed E-state index contributed by atoms with van der Waals surface area (Å²) in [7, 11) is 0. The summed E-state index contributed by atoms with van der Waals surface area (Å²) in [6.07, 6.45) is 8.60. The third kappa shape index (κ3) is 3.82. The number of nitrogens with zero attached hydrogens (tertiary/aromatic N) is 2. The van der Waals surface area contributed by atoms with E-state index in [4.69, 9.17) is 11.6 Å². The van der Waals surface area contributed by atoms with Crippen LogP contribution in [0.3, 0.4) is 0 Å². The first kappa shape index (κ1) is 12.0. The topological polar surface area (TPSA) is 54.9 Å². The Balaban J connectivity index is 1.91. The lowest BCUT2D eigenvalue weighted by atomic mass is 9.97. The molecule has 1 aromatic heterocycles. The quantitative estimate of drug-likeness (QED) is 0.664. The van der Waals surface area contributed by atoms with Gasteiger partial charge in [-0.15, -0.1) is 0 Å². The Morgan fingerprint density at radius 3 is 3.06 bits per heavy atom. The molecule has 17 heavy (non-hydrogen) atoms. The predicted octanol–water partition coefficient (Wildman–Crippen LogP) is 2.96. The Morgan fingerprint density at radius 1 is 1.47 bits per heavy atom. The molecule has 0 unspecified atom stereocenters. The molecule has 1 aliphatic carbocycles. The summed E-state index contributed by atoms with van der Waals surface area (Å²) in [4.78, 5) is 19.6. The second-order valence-corrected chi connectivity index (χ2v) is 4.42. The molecule has 5 heteroatoms. The van der Waals surface area contributed by atoms with Gasteiger partial charge in [-0.2, -0.15) is 0 Å². The van der Waals surface area contributed by atoms with E-state index in [9.17, 15) is 4.79 Å². The van der Waals surface area contributed by atoms with Crippen molar-refractivity contribution in [3.8, 4) is 0 Å². The Kier molecular flexibility index (Phi) is 4.09. The van der Waals surface area contributed by atoms with Gasteiger partial charge in [-0.25, -0.2) is 9.97 Å². The third-order valence-corrected chi connectivity index (χ3v) is 2.86. The van der Waals surface area contributed by atoms with Gasteiger partial charge in [0.2, 0.25) is 11.9 Å². The molecular weight excluding hydrogens is 238 g/mol. The average molecular weight is 252 g/mol. The van der Waals surface area contributed by atoms with Gasteiger partial charge in [-0.1, -0.05) is 23.3 Å². The molecular formula is C12H14ClN3O. The maximum absolute atomic E-state index is 11.7. The zero-order valence-corrected chi connectivity index (χ0v) is 10.2. The van der Waals surface area contributed by atoms with Crippen molar-refractivity contribution in [2.24, 2.45) is 0 Å². The molecule has 4 nitrogen and oxygen atoms in total. The van der Waals surface area contributed by atoms with Crippen LogP contribution >= 0.6 is 11.6 Å². The number of hydrogen-bond acceptors (Lipinski definition) is 3. The van der Waals surface area contributed by atoms with Gasteiger partial charge in [0.1, 0.15) is 5.15 Å². The van der Waals surface area contributed by atoms with E-state index in [1.54, 1.807) is 6.07 Å². The van der Waals surface area contributed by atoms with Crippen LogP contribution in [0.25, 0.3) is 0 Å². The van der Waals surface area contributed by atoms with Crippen molar-refractivity contribution in [1.82, 2.24) is 9.97 Å². The Morgan fingerprint density at radius 2 is 2.35 bits per heavy atom. The molecule has 0 radical (unpaired) electrons. The molecule has 90 valence electrons. The van der Waals surface area contributed by atoms with E-state index in [0.29, 0.717) is 11.6 Å². The van der Waals surface area contributed by atoms with Crippen LogP contribution in [0.5, 0.6) is 0 Å². The maximum Gasteiger partial charge on any atom is 0.230 e. The second kappa shape index (κ2) is 5.77. The maximum atomic E-state index is 11.7. The van der Waals surface area contributed by atoms with Crippen LogP contribution in [0.4, 0.5) is 5.95 Å². The SMILES string of the molecule is O=C(CC1=CCCCC1)Nc1nccc(Cl)n1. The fourth-order valence-electron chi connectivity index (χ4n) is 1.84. The Labute approximate surface area is 105 Å². The minimum absolute atomic E-state index is 0.0829. The first-order chi connectivity index (χ1) is 8.24. The van der Waals surface area contributed by atoms with E-state index in [2.05, 4.69) is 21.4 Å². The highest BCUT2D eigenvalue weighted by molar-refractivity contribution is 6.29. The van der Waals surface area contributed by atoms with Gasteiger partial charge in [0.15, 0.2) is 0 Å². The number of allylic oxidation sites excluding steroid dienone is 1. The van der Waals surface area contributed by atoms with Crippen LogP contribution in [0, 0.1) is 0 Å². The summed E-state index contributed by atoms with van der Waals surface area (Å²) >= 11 is 5.71. The van der Waals surface area contributed by atoms with Crippen molar-refractivity contribution in [2.75, 3.05) is 5.32 Å². The Hall–Kier alpha value is -1.42. The summed E-state index contributed by atoms with van der Waals surface area (Å²) in [5.41, 5.74) is 1.20. The molecule has 1 heterocycles. The first-order valence-corrected chi connectivity index (χ1v) is 6.08. The van der Waals surface area contributed by atoms with Crippen LogP contribution in [-0.2, 0) is 4.79 Å². The van der Waals surface area contributed by atoms with E-state index < -0.39 is 0 Å². The molecule has 0 spiro atoms. The summed E-state index contributed by atoms with van der Waals surface area (Å²) in [5, 5.41) is 2.97. The highest BCUT2D eigenvalue weighted by Crippen LogP contribution is 2.20. The molecule has 1 aliphatic rings. The number of rotatable bonds is 3. The molecule has 0 saturated heterocycles. The van der Waals surface area contributed by atoms with Crippen molar-refractivity contribution in [2.45, 2.75) is 32.1 Å². The lowest BCUT2D eigenvalue weighted by Crippen LogP contribution is -2.15. The van der Waals surface area contributed by atoms with Gasteiger partial charge in [0.25, 0.3) is 0 Å². The standard InChI is InChI=1S/C12H14ClN3O/c13-10-6-7-14-12(15-10)16-11(17)8-9-4-2-1-3-5-9/h4,6-7H,1-3,5,8H2,(H,14,15,16,17). The molecule has 0 aliphatic heterocycles. The average Bonchev–Trinajstić information content (AvgIpc) is 2.30. The molecule has 0 atom stereocenters. The number of hydrogen-bond donors (Lipinski definition) is 1. The summed E-state index contributed by atoms with van der Waals surface area (Å²) in [6, 6.07) is 1.57. The number of nitrogens with one attached hydrogen (secondary N) is 1. The molecule has 1 amide bonds. The van der Waals surface area contributed by atoms with E-state index in [0.717, 1.165) is 12.8 Å². The molecule has 0 aromatic carbocycles. The summed E-state index contributed by atoms with van der Waals surface area (Å²) in [6.45, 7) is 0. The number of anilines is 1. The Bertz CT molecular complexity index is 445. The van der Waals surface area contributed by atoms with Gasteiger partial charge in [-0.05, 0) is 31.7 Å². The number of carbonyl (C=O) groups is 1. The third-order valence-electron chi connectivity index (χ3n) is 2.65. The van der Waals surface area contributed by atoms with Crippen LogP contribution in [0.2, 0.25) is 5.15 Å². The lowest BCUT2D eigenvalue weighted by Gasteiger charge is -2.11. The predicted molar refractivity (Wildman–Crippen MR) is 66.8 cm³/mol. The molecule has 1 N–H and O–H groups in total. The normalized spacial score (nSPS) is 15.2. The monoisotopic (exact) mass is 251 g/mol. The van der Waals surface area contributed by atoms with E-state index in [1.165, 1.54) is 24.6 Å². The number of amides is 1. The van der Waals surface area contributed by atoms with E-state index >= 15 is 0 Å². The van der Waals surface area contributed by atoms with E-state index in [1.807, 2.05) is 0 Å². The summed E-state index contributed by atoms with van der Waals surface area (Å²) in [5.74, 6) is 0.180. The van der Waals surface area contributed by atoms with Crippen molar-refractivity contribution >= 4 is 23.5 Å². The van der Waals surface area contributed by atoms with Crippen LogP contribution in [0.1, 0.15) is 32.1 Å². The largest absolute Gasteiger partial charge is 0.294 e. The van der Waals surface area contributed by atoms with Crippen LogP contribution in [0.15, 0.2) is 23.9 Å². The lowest BCUT2D eigenvalue weighted by molar-refractivity contribution is -0.115. The number of aromatic nitrogens is 2. The van der Waals surface area contributed by atoms with Gasteiger partial charge >= 0.3 is 0 Å². The molecule has 1 aromatic rings. The van der Waals surface area contributed by atoms with Crippen molar-refractivity contribution < 1.29 is 4.79 Å². The van der Waals surface area contributed by atoms with Gasteiger partial charge < -0.3 is 0 Å². The smallest absolute Gasteiger partial charge is 0.230 e. The summed E-state index contributed by atoms with van der Waals surface area (Å²) < 4.78 is 0. The van der Waals surface area contributed by atoms with Crippen molar-refractivity contribution in [3.05, 3.63) is 29.1 Å². The zero-order valence-electron chi connectivity index (χ0n) is 9.45. The fraction of sp³-hybridized carbons (Fsp3) is 0.417. The van der Waals surface area contributed by atoms with Crippen LogP contribution in [-0.4, -0.2) is 15.9 Å². The number of carbonyl (C=O) groups excluding carboxylic acids is 1.